The third-order valence-electron chi connectivity index (χ3n) is 0. The summed E-state index contributed by atoms with van der Waals surface area (Å²) in [7, 11) is 0. The van der Waals surface area contributed by atoms with Gasteiger partial charge in [0.1, 0.15) is 0 Å². The van der Waals surface area contributed by atoms with Crippen molar-refractivity contribution in [2.24, 2.45) is 0 Å². The van der Waals surface area contributed by atoms with Crippen LogP contribution in [0, 0.1) is 0 Å². The van der Waals surface area contributed by atoms with Crippen molar-refractivity contribution in [3.8, 4) is 0 Å². The van der Waals surface area contributed by atoms with Gasteiger partial charge < -0.3 is 15.3 Å². The first kappa shape index (κ1) is 29.5. The summed E-state index contributed by atoms with van der Waals surface area (Å²) < 4.78 is 0. The monoisotopic (exact) mass is 234 g/mol. The van der Waals surface area contributed by atoms with E-state index in [0.29, 0.717) is 0 Å². The zero-order valence-corrected chi connectivity index (χ0v) is 10.6. The summed E-state index contributed by atoms with van der Waals surface area (Å²) in [6.07, 6.45) is 0. The Bertz CT molecular complexity index is 20.5. The van der Waals surface area contributed by atoms with E-state index in [1.165, 1.54) is 0 Å². The first-order chi connectivity index (χ1) is 4.24. The van der Waals surface area contributed by atoms with Crippen LogP contribution in [0.15, 0.2) is 0 Å². The average molecular weight is 234 g/mol. The molecule has 0 atom stereocenters. The van der Waals surface area contributed by atoms with E-state index in [4.69, 9.17) is 15.3 Å². The summed E-state index contributed by atoms with van der Waals surface area (Å²) >= 11 is 0. The van der Waals surface area contributed by atoms with Crippen molar-refractivity contribution < 1.29 is 58.8 Å². The smallest absolute Gasteiger partial charge is 0.0402 e. The van der Waals surface area contributed by atoms with Crippen molar-refractivity contribution >= 4 is 0 Å². The second-order valence-electron chi connectivity index (χ2n) is 0.949. The summed E-state index contributed by atoms with van der Waals surface area (Å²) in [5, 5.41) is 22.7. The quantitative estimate of drug-likeness (QED) is 0.516. The van der Waals surface area contributed by atoms with E-state index in [1.807, 2.05) is 0 Å². The van der Waals surface area contributed by atoms with Gasteiger partial charge in [-0.05, 0) is 20.8 Å². The van der Waals surface area contributed by atoms with Crippen molar-refractivity contribution in [1.82, 2.24) is 0 Å². The second kappa shape index (κ2) is 64.7. The minimum atomic E-state index is 0. The zero-order chi connectivity index (χ0) is 8.12. The summed E-state index contributed by atoms with van der Waals surface area (Å²) in [6.45, 7) is 5.79. The second-order valence-corrected chi connectivity index (χ2v) is 0.949. The van der Waals surface area contributed by atoms with Crippen LogP contribution in [0.3, 0.4) is 0 Å². The van der Waals surface area contributed by atoms with Gasteiger partial charge in [-0.15, -0.1) is 0 Å². The summed E-state index contributed by atoms with van der Waals surface area (Å²) in [4.78, 5) is 0. The molecule has 3 N–H and O–H groups in total. The maximum Gasteiger partial charge on any atom is 0.0402 e. The topological polar surface area (TPSA) is 60.7 Å². The molecular formula is C6H18O3Ti2. The first-order valence-corrected chi connectivity index (χ1v) is 3.07. The number of aliphatic hydroxyl groups excluding tert-OH is 3. The Morgan fingerprint density at radius 3 is 0.636 bits per heavy atom. The molecule has 0 aromatic heterocycles. The molecule has 0 unspecified atom stereocenters. The van der Waals surface area contributed by atoms with Gasteiger partial charge in [-0.1, -0.05) is 0 Å². The molecule has 5 heteroatoms. The largest absolute Gasteiger partial charge is 0.397 e. The van der Waals surface area contributed by atoms with E-state index < -0.39 is 0 Å². The van der Waals surface area contributed by atoms with Crippen molar-refractivity contribution in [1.29, 1.82) is 0 Å². The van der Waals surface area contributed by atoms with Crippen LogP contribution in [-0.2, 0) is 43.4 Å². The van der Waals surface area contributed by atoms with Crippen LogP contribution in [0.1, 0.15) is 20.8 Å². The molecule has 3 nitrogen and oxygen atoms in total. The molecule has 0 aromatic carbocycles. The van der Waals surface area contributed by atoms with E-state index in [1.54, 1.807) is 20.8 Å². The molecule has 0 amide bonds. The van der Waals surface area contributed by atoms with Gasteiger partial charge in [0.15, 0.2) is 0 Å². The maximum atomic E-state index is 7.57. The molecule has 0 aliphatic heterocycles. The van der Waals surface area contributed by atoms with Crippen LogP contribution in [0.25, 0.3) is 0 Å². The predicted octanol–water partition coefficient (Wildman–Crippen LogP) is -0.00920. The Morgan fingerprint density at radius 1 is 0.636 bits per heavy atom. The molecule has 0 aliphatic rings. The number of aliphatic hydroxyl groups is 3. The van der Waals surface area contributed by atoms with Crippen LogP contribution in [-0.4, -0.2) is 35.1 Å². The van der Waals surface area contributed by atoms with Gasteiger partial charge in [0, 0.05) is 63.3 Å². The van der Waals surface area contributed by atoms with E-state index in [-0.39, 0.29) is 63.3 Å². The van der Waals surface area contributed by atoms with Crippen molar-refractivity contribution in [2.75, 3.05) is 19.8 Å². The molecule has 0 radical (unpaired) electrons. The van der Waals surface area contributed by atoms with Crippen LogP contribution in [0.4, 0.5) is 0 Å². The van der Waals surface area contributed by atoms with Gasteiger partial charge in [0.25, 0.3) is 0 Å². The van der Waals surface area contributed by atoms with E-state index in [2.05, 4.69) is 0 Å². The molecule has 0 heterocycles. The van der Waals surface area contributed by atoms with Gasteiger partial charge in [-0.3, -0.25) is 0 Å². The van der Waals surface area contributed by atoms with Crippen molar-refractivity contribution in [3.05, 3.63) is 0 Å². The van der Waals surface area contributed by atoms with E-state index in [9.17, 15) is 0 Å². The molecule has 0 saturated carbocycles. The standard InChI is InChI=1S/3C2H6O.2Ti/c3*1-2-3;;/h3*3H,2H2,1H3;;. The van der Waals surface area contributed by atoms with Gasteiger partial charge in [0.2, 0.25) is 0 Å². The van der Waals surface area contributed by atoms with Crippen LogP contribution < -0.4 is 0 Å². The minimum Gasteiger partial charge on any atom is -0.397 e. The SMILES string of the molecule is CCO.CCO.CCO.[Ti].[Ti]. The summed E-state index contributed by atoms with van der Waals surface area (Å²) in [6, 6.07) is 0. The molecule has 0 aliphatic carbocycles. The molecular weight excluding hydrogens is 216 g/mol. The maximum absolute atomic E-state index is 7.57. The third kappa shape index (κ3) is 572. The van der Waals surface area contributed by atoms with Gasteiger partial charge in [-0.25, -0.2) is 0 Å². The van der Waals surface area contributed by atoms with Gasteiger partial charge in [0.05, 0.1) is 0 Å². The minimum absolute atomic E-state index is 0. The molecule has 0 spiro atoms. The molecule has 0 bridgehead atoms. The molecule has 68 valence electrons. The fraction of sp³-hybridized carbons (Fsp3) is 1.00. The number of rotatable bonds is 0. The molecule has 0 fully saturated rings. The Hall–Kier alpha value is 1.31. The van der Waals surface area contributed by atoms with E-state index in [0.717, 1.165) is 0 Å². The van der Waals surface area contributed by atoms with Crippen LogP contribution in [0.2, 0.25) is 0 Å². The molecule has 11 heavy (non-hydrogen) atoms. The van der Waals surface area contributed by atoms with Crippen molar-refractivity contribution in [2.45, 2.75) is 20.8 Å². The number of hydrogen-bond donors (Lipinski definition) is 3. The van der Waals surface area contributed by atoms with Gasteiger partial charge in [-0.2, -0.15) is 0 Å². The molecule has 0 saturated heterocycles. The fourth-order valence-corrected chi connectivity index (χ4v) is 0. The van der Waals surface area contributed by atoms with Crippen molar-refractivity contribution in [3.63, 3.8) is 0 Å². The van der Waals surface area contributed by atoms with E-state index >= 15 is 0 Å². The zero-order valence-electron chi connectivity index (χ0n) is 7.46. The molecule has 0 rings (SSSR count). The number of hydrogen-bond acceptors (Lipinski definition) is 3. The van der Waals surface area contributed by atoms with Crippen LogP contribution >= 0.6 is 0 Å². The Kier molecular flexibility index (Phi) is 173. The average Bonchev–Trinajstić information content (AvgIpc) is 1.70. The molecule has 0 aromatic rings. The fourth-order valence-electron chi connectivity index (χ4n) is 0. The normalized spacial score (nSPS) is 4.91. The Balaban J connectivity index is -0.0000000150. The first-order valence-electron chi connectivity index (χ1n) is 3.07. The summed E-state index contributed by atoms with van der Waals surface area (Å²) in [5.74, 6) is 0. The Morgan fingerprint density at radius 2 is 0.636 bits per heavy atom. The summed E-state index contributed by atoms with van der Waals surface area (Å²) in [5.41, 5.74) is 0. The van der Waals surface area contributed by atoms with Crippen LogP contribution in [0.5, 0.6) is 0 Å². The third-order valence-corrected chi connectivity index (χ3v) is 0. The van der Waals surface area contributed by atoms with Gasteiger partial charge >= 0.3 is 0 Å². The predicted molar refractivity (Wildman–Crippen MR) is 38.3 cm³/mol. The Labute approximate surface area is 99.0 Å².